The summed E-state index contributed by atoms with van der Waals surface area (Å²) >= 11 is 1.22. The Balaban J connectivity index is 1.66. The Hall–Kier alpha value is -1.17. The molecule has 1 aliphatic carbocycles. The quantitative estimate of drug-likeness (QED) is 0.834. The second kappa shape index (κ2) is 4.60. The van der Waals surface area contributed by atoms with Gasteiger partial charge in [-0.3, -0.25) is 5.32 Å². The lowest BCUT2D eigenvalue weighted by molar-refractivity contribution is 0.182. The first-order valence-corrected chi connectivity index (χ1v) is 6.97. The van der Waals surface area contributed by atoms with Crippen LogP contribution in [0.4, 0.5) is 9.80 Å². The smallest absolute Gasteiger partial charge is 0.321 e. The summed E-state index contributed by atoms with van der Waals surface area (Å²) in [6.07, 6.45) is 7.80. The lowest BCUT2D eigenvalue weighted by Gasteiger charge is -2.31. The number of nitrogens with zero attached hydrogens (tertiary/aromatic N) is 3. The SMILES string of the molecule is O=C(Nc1cnns1)N1CC[C@@H]2CCCC[C@@H]21. The molecule has 2 fully saturated rings. The molecule has 2 heterocycles. The number of carbonyl (C=O) groups excluding carboxylic acids is 1. The largest absolute Gasteiger partial charge is 0.322 e. The Morgan fingerprint density at radius 1 is 1.41 bits per heavy atom. The van der Waals surface area contributed by atoms with Crippen LogP contribution in [0, 0.1) is 5.92 Å². The number of carbonyl (C=O) groups is 1. The Morgan fingerprint density at radius 2 is 2.29 bits per heavy atom. The van der Waals surface area contributed by atoms with Crippen molar-refractivity contribution in [2.45, 2.75) is 38.1 Å². The Labute approximate surface area is 104 Å². The summed E-state index contributed by atoms with van der Waals surface area (Å²) in [5, 5.41) is 7.33. The van der Waals surface area contributed by atoms with Crippen molar-refractivity contribution in [3.63, 3.8) is 0 Å². The summed E-state index contributed by atoms with van der Waals surface area (Å²) in [7, 11) is 0. The van der Waals surface area contributed by atoms with E-state index < -0.39 is 0 Å². The molecule has 0 radical (unpaired) electrons. The molecule has 2 amide bonds. The first kappa shape index (κ1) is 11.0. The Bertz CT molecular complexity index is 394. The molecule has 1 aromatic heterocycles. The van der Waals surface area contributed by atoms with Crippen LogP contribution in [-0.2, 0) is 0 Å². The van der Waals surface area contributed by atoms with Gasteiger partial charge in [0, 0.05) is 24.1 Å². The number of fused-ring (bicyclic) bond motifs is 1. The van der Waals surface area contributed by atoms with Crippen LogP contribution in [-0.4, -0.2) is 33.1 Å². The first-order valence-electron chi connectivity index (χ1n) is 6.19. The Kier molecular flexibility index (Phi) is 2.96. The zero-order chi connectivity index (χ0) is 11.7. The molecule has 3 rings (SSSR count). The van der Waals surface area contributed by atoms with Gasteiger partial charge in [0.25, 0.3) is 0 Å². The third kappa shape index (κ3) is 2.13. The fraction of sp³-hybridized carbons (Fsp3) is 0.727. The number of hydrogen-bond acceptors (Lipinski definition) is 4. The highest BCUT2D eigenvalue weighted by Crippen LogP contribution is 2.36. The number of hydrogen-bond donors (Lipinski definition) is 1. The predicted octanol–water partition coefficient (Wildman–Crippen LogP) is 2.33. The van der Waals surface area contributed by atoms with Gasteiger partial charge < -0.3 is 4.90 Å². The first-order chi connectivity index (χ1) is 8.34. The summed E-state index contributed by atoms with van der Waals surface area (Å²) in [6.45, 7) is 0.896. The van der Waals surface area contributed by atoms with Crippen molar-refractivity contribution in [1.82, 2.24) is 14.5 Å². The molecule has 1 saturated carbocycles. The van der Waals surface area contributed by atoms with Crippen molar-refractivity contribution in [2.24, 2.45) is 5.92 Å². The van der Waals surface area contributed by atoms with Crippen molar-refractivity contribution >= 4 is 22.6 Å². The number of urea groups is 1. The van der Waals surface area contributed by atoms with E-state index in [1.807, 2.05) is 4.90 Å². The lowest BCUT2D eigenvalue weighted by Crippen LogP contribution is -2.41. The zero-order valence-corrected chi connectivity index (χ0v) is 10.4. The molecular formula is C11H16N4OS. The maximum Gasteiger partial charge on any atom is 0.322 e. The molecule has 2 atom stereocenters. The van der Waals surface area contributed by atoms with Crippen LogP contribution in [0.3, 0.4) is 0 Å². The van der Waals surface area contributed by atoms with Gasteiger partial charge in [0.05, 0.1) is 6.20 Å². The molecule has 0 aromatic carbocycles. The lowest BCUT2D eigenvalue weighted by atomic mass is 9.85. The standard InChI is InChI=1S/C11H16N4OS/c16-11(13-10-7-12-14-17-10)15-6-5-8-3-1-2-4-9(8)15/h7-9H,1-6H2,(H,13,16)/t8-,9-/m0/s1. The minimum absolute atomic E-state index is 0.0189. The van der Waals surface area contributed by atoms with E-state index in [9.17, 15) is 4.79 Å². The van der Waals surface area contributed by atoms with E-state index in [1.165, 1.54) is 43.6 Å². The molecule has 0 bridgehead atoms. The van der Waals surface area contributed by atoms with Gasteiger partial charge in [0.15, 0.2) is 0 Å². The van der Waals surface area contributed by atoms with Crippen molar-refractivity contribution in [3.8, 4) is 0 Å². The van der Waals surface area contributed by atoms with Crippen LogP contribution in [0.2, 0.25) is 0 Å². The number of nitrogens with one attached hydrogen (secondary N) is 1. The summed E-state index contributed by atoms with van der Waals surface area (Å²) in [5.74, 6) is 0.731. The number of amides is 2. The maximum absolute atomic E-state index is 12.1. The molecular weight excluding hydrogens is 236 g/mol. The predicted molar refractivity (Wildman–Crippen MR) is 66.0 cm³/mol. The van der Waals surface area contributed by atoms with E-state index in [-0.39, 0.29) is 6.03 Å². The highest BCUT2D eigenvalue weighted by atomic mass is 32.1. The highest BCUT2D eigenvalue weighted by molar-refractivity contribution is 7.10. The molecule has 92 valence electrons. The molecule has 0 spiro atoms. The molecule has 17 heavy (non-hydrogen) atoms. The van der Waals surface area contributed by atoms with Gasteiger partial charge in [-0.2, -0.15) is 0 Å². The van der Waals surface area contributed by atoms with Gasteiger partial charge in [-0.05, 0) is 25.2 Å². The fourth-order valence-corrected chi connectivity index (χ4v) is 3.47. The van der Waals surface area contributed by atoms with E-state index in [0.717, 1.165) is 17.5 Å². The average Bonchev–Trinajstić information content (AvgIpc) is 2.96. The molecule has 6 heteroatoms. The average molecular weight is 252 g/mol. The summed E-state index contributed by atoms with van der Waals surface area (Å²) in [6, 6.07) is 0.482. The van der Waals surface area contributed by atoms with Gasteiger partial charge in [0.1, 0.15) is 5.00 Å². The van der Waals surface area contributed by atoms with Crippen LogP contribution in [0.1, 0.15) is 32.1 Å². The molecule has 5 nitrogen and oxygen atoms in total. The van der Waals surface area contributed by atoms with Gasteiger partial charge in [0.2, 0.25) is 0 Å². The maximum atomic E-state index is 12.1. The van der Waals surface area contributed by atoms with Crippen molar-refractivity contribution < 1.29 is 4.79 Å². The third-order valence-corrected chi connectivity index (χ3v) is 4.44. The minimum atomic E-state index is 0.0189. The zero-order valence-electron chi connectivity index (χ0n) is 9.63. The van der Waals surface area contributed by atoms with E-state index >= 15 is 0 Å². The van der Waals surface area contributed by atoms with E-state index in [4.69, 9.17) is 0 Å². The van der Waals surface area contributed by atoms with E-state index in [2.05, 4.69) is 14.9 Å². The van der Waals surface area contributed by atoms with Gasteiger partial charge in [-0.25, -0.2) is 4.79 Å². The van der Waals surface area contributed by atoms with Crippen molar-refractivity contribution in [2.75, 3.05) is 11.9 Å². The normalized spacial score (nSPS) is 27.9. The number of aromatic nitrogens is 2. The number of anilines is 1. The summed E-state index contributed by atoms with van der Waals surface area (Å²) in [4.78, 5) is 14.1. The van der Waals surface area contributed by atoms with E-state index in [1.54, 1.807) is 6.20 Å². The van der Waals surface area contributed by atoms with Crippen LogP contribution in [0.25, 0.3) is 0 Å². The molecule has 0 unspecified atom stereocenters. The minimum Gasteiger partial charge on any atom is -0.321 e. The highest BCUT2D eigenvalue weighted by Gasteiger charge is 2.38. The number of likely N-dealkylation sites (tertiary alicyclic amines) is 1. The summed E-state index contributed by atoms with van der Waals surface area (Å²) < 4.78 is 3.74. The Morgan fingerprint density at radius 3 is 3.12 bits per heavy atom. The molecule has 1 aromatic rings. The monoisotopic (exact) mass is 252 g/mol. The molecule has 2 aliphatic rings. The van der Waals surface area contributed by atoms with E-state index in [0.29, 0.717) is 6.04 Å². The van der Waals surface area contributed by atoms with Crippen LogP contribution in [0.15, 0.2) is 6.20 Å². The van der Waals surface area contributed by atoms with Crippen LogP contribution >= 0.6 is 11.5 Å². The molecule has 1 N–H and O–H groups in total. The van der Waals surface area contributed by atoms with Crippen molar-refractivity contribution in [1.29, 1.82) is 0 Å². The molecule has 1 aliphatic heterocycles. The molecule has 1 saturated heterocycles. The van der Waals surface area contributed by atoms with Crippen LogP contribution < -0.4 is 5.32 Å². The van der Waals surface area contributed by atoms with Crippen LogP contribution in [0.5, 0.6) is 0 Å². The number of rotatable bonds is 1. The van der Waals surface area contributed by atoms with Gasteiger partial charge in [-0.1, -0.05) is 17.3 Å². The topological polar surface area (TPSA) is 58.1 Å². The second-order valence-electron chi connectivity index (χ2n) is 4.81. The summed E-state index contributed by atoms with van der Waals surface area (Å²) in [5.41, 5.74) is 0. The second-order valence-corrected chi connectivity index (χ2v) is 5.59. The van der Waals surface area contributed by atoms with Gasteiger partial charge in [-0.15, -0.1) is 5.10 Å². The van der Waals surface area contributed by atoms with Crippen molar-refractivity contribution in [3.05, 3.63) is 6.20 Å². The third-order valence-electron chi connectivity index (χ3n) is 3.86. The van der Waals surface area contributed by atoms with Gasteiger partial charge >= 0.3 is 6.03 Å². The fourth-order valence-electron chi connectivity index (χ4n) is 3.06.